The van der Waals surface area contributed by atoms with Crippen LogP contribution in [0.15, 0.2) is 78.9 Å². The summed E-state index contributed by atoms with van der Waals surface area (Å²) in [5.74, 6) is 0.481. The Bertz CT molecular complexity index is 897. The van der Waals surface area contributed by atoms with Crippen molar-refractivity contribution in [1.82, 2.24) is 0 Å². The molecule has 5 heteroatoms. The van der Waals surface area contributed by atoms with E-state index in [-0.39, 0.29) is 0 Å². The molecule has 28 heavy (non-hydrogen) atoms. The first-order chi connectivity index (χ1) is 13.6. The lowest BCUT2D eigenvalue weighted by Crippen LogP contribution is -2.26. The van der Waals surface area contributed by atoms with Gasteiger partial charge < -0.3 is 9.47 Å². The number of anilines is 1. The molecular weight excluding hydrogens is 374 g/mol. The van der Waals surface area contributed by atoms with Crippen molar-refractivity contribution in [2.24, 2.45) is 0 Å². The molecule has 144 valence electrons. The summed E-state index contributed by atoms with van der Waals surface area (Å²) in [6.07, 6.45) is 0.0380. The van der Waals surface area contributed by atoms with E-state index in [4.69, 9.17) is 21.1 Å². The molecule has 3 rings (SSSR count). The molecule has 3 aromatic rings. The molecule has 0 aliphatic carbocycles. The molecule has 0 spiro atoms. The third-order valence-electron chi connectivity index (χ3n) is 4.12. The van der Waals surface area contributed by atoms with E-state index in [2.05, 4.69) is 17.4 Å². The first-order valence-electron chi connectivity index (χ1n) is 9.15. The molecule has 1 N–H and O–H groups in total. The van der Waals surface area contributed by atoms with Gasteiger partial charge in [0.2, 0.25) is 6.29 Å². The van der Waals surface area contributed by atoms with Crippen molar-refractivity contribution in [3.05, 3.63) is 95.0 Å². The Labute approximate surface area is 170 Å². The molecule has 4 nitrogen and oxygen atoms in total. The Hall–Kier alpha value is -2.98. The van der Waals surface area contributed by atoms with Crippen molar-refractivity contribution in [3.8, 4) is 5.75 Å². The van der Waals surface area contributed by atoms with Crippen LogP contribution in [-0.4, -0.2) is 12.4 Å². The van der Waals surface area contributed by atoms with Crippen molar-refractivity contribution >= 4 is 23.4 Å². The van der Waals surface area contributed by atoms with Crippen LogP contribution in [0.2, 0.25) is 5.02 Å². The van der Waals surface area contributed by atoms with Crippen LogP contribution in [0, 0.1) is 0 Å². The summed E-state index contributed by atoms with van der Waals surface area (Å²) >= 11 is 6.08. The molecule has 0 aromatic heterocycles. The van der Waals surface area contributed by atoms with Gasteiger partial charge in [-0.25, -0.2) is 4.79 Å². The Kier molecular flexibility index (Phi) is 6.93. The Balaban J connectivity index is 1.54. The first-order valence-corrected chi connectivity index (χ1v) is 9.53. The highest BCUT2D eigenvalue weighted by Crippen LogP contribution is 2.25. The summed E-state index contributed by atoms with van der Waals surface area (Å²) in [6, 6.07) is 25.0. The molecule has 0 bridgehead atoms. The second-order valence-corrected chi connectivity index (χ2v) is 6.68. The average Bonchev–Trinajstić information content (AvgIpc) is 2.71. The van der Waals surface area contributed by atoms with Crippen LogP contribution in [-0.2, 0) is 11.2 Å². The van der Waals surface area contributed by atoms with Gasteiger partial charge in [0.15, 0.2) is 0 Å². The number of nitrogens with one attached hydrogen (secondary N) is 1. The van der Waals surface area contributed by atoms with Gasteiger partial charge in [-0.05, 0) is 41.8 Å². The Morgan fingerprint density at radius 1 is 0.929 bits per heavy atom. The van der Waals surface area contributed by atoms with E-state index in [9.17, 15) is 4.79 Å². The minimum absolute atomic E-state index is 0.471. The predicted molar refractivity (Wildman–Crippen MR) is 112 cm³/mol. The molecule has 0 heterocycles. The first kappa shape index (κ1) is 19.8. The predicted octanol–water partition coefficient (Wildman–Crippen LogP) is 6.29. The van der Waals surface area contributed by atoms with Crippen molar-refractivity contribution in [3.63, 3.8) is 0 Å². The van der Waals surface area contributed by atoms with Gasteiger partial charge in [-0.15, -0.1) is 0 Å². The van der Waals surface area contributed by atoms with Crippen LogP contribution >= 0.6 is 11.6 Å². The number of para-hydroxylation sites is 1. The number of amides is 1. The number of hydrogen-bond donors (Lipinski definition) is 1. The maximum absolute atomic E-state index is 12.2. The van der Waals surface area contributed by atoms with E-state index in [0.717, 1.165) is 6.42 Å². The monoisotopic (exact) mass is 395 g/mol. The van der Waals surface area contributed by atoms with E-state index in [1.165, 1.54) is 11.1 Å². The van der Waals surface area contributed by atoms with E-state index in [1.807, 2.05) is 61.5 Å². The summed E-state index contributed by atoms with van der Waals surface area (Å²) < 4.78 is 11.0. The second-order valence-electron chi connectivity index (χ2n) is 6.28. The van der Waals surface area contributed by atoms with Crippen molar-refractivity contribution < 1.29 is 14.3 Å². The fraction of sp³-hybridized carbons (Fsp3) is 0.174. The summed E-state index contributed by atoms with van der Waals surface area (Å²) in [4.78, 5) is 12.2. The van der Waals surface area contributed by atoms with Gasteiger partial charge in [0.1, 0.15) is 5.75 Å². The van der Waals surface area contributed by atoms with Gasteiger partial charge in [-0.3, -0.25) is 5.32 Å². The average molecular weight is 396 g/mol. The zero-order chi connectivity index (χ0) is 19.8. The summed E-state index contributed by atoms with van der Waals surface area (Å²) in [5, 5.41) is 3.20. The highest BCUT2D eigenvalue weighted by atomic mass is 35.5. The van der Waals surface area contributed by atoms with E-state index >= 15 is 0 Å². The van der Waals surface area contributed by atoms with Crippen molar-refractivity contribution in [2.75, 3.05) is 5.32 Å². The SMILES string of the molecule is CC[C@@H](OC(=O)Nc1ccc(Cc2ccccc2)cc1)Oc1ccccc1Cl. The minimum atomic E-state index is -0.725. The molecule has 3 aromatic carbocycles. The molecule has 1 atom stereocenters. The van der Waals surface area contributed by atoms with Crippen molar-refractivity contribution in [1.29, 1.82) is 0 Å². The van der Waals surface area contributed by atoms with Gasteiger partial charge in [0, 0.05) is 12.1 Å². The van der Waals surface area contributed by atoms with E-state index in [1.54, 1.807) is 12.1 Å². The zero-order valence-corrected chi connectivity index (χ0v) is 16.4. The van der Waals surface area contributed by atoms with Gasteiger partial charge in [-0.2, -0.15) is 0 Å². The number of benzene rings is 3. The van der Waals surface area contributed by atoms with Crippen LogP contribution in [0.1, 0.15) is 24.5 Å². The molecular formula is C23H22ClNO3. The summed E-state index contributed by atoms with van der Waals surface area (Å²) in [6.45, 7) is 1.87. The molecule has 1 amide bonds. The number of hydrogen-bond acceptors (Lipinski definition) is 3. The number of carbonyl (C=O) groups is 1. The number of ether oxygens (including phenoxy) is 2. The standard InChI is InChI=1S/C23H22ClNO3/c1-2-22(27-21-11-7-6-10-20(21)24)28-23(26)25-19-14-12-18(13-15-19)16-17-8-4-3-5-9-17/h3-15,22H,2,16H2,1H3,(H,25,26)/t22-/m1/s1. The Morgan fingerprint density at radius 3 is 2.25 bits per heavy atom. The molecule has 0 aliphatic rings. The minimum Gasteiger partial charge on any atom is -0.453 e. The largest absolute Gasteiger partial charge is 0.453 e. The highest BCUT2D eigenvalue weighted by molar-refractivity contribution is 6.32. The lowest BCUT2D eigenvalue weighted by atomic mass is 10.1. The lowest BCUT2D eigenvalue weighted by molar-refractivity contribution is -0.0281. The quantitative estimate of drug-likeness (QED) is 0.478. The molecule has 0 saturated heterocycles. The number of halogens is 1. The van der Waals surface area contributed by atoms with Gasteiger partial charge in [-0.1, -0.05) is 73.1 Å². The van der Waals surface area contributed by atoms with E-state index < -0.39 is 12.4 Å². The van der Waals surface area contributed by atoms with Crippen LogP contribution in [0.25, 0.3) is 0 Å². The molecule has 0 fully saturated rings. The van der Waals surface area contributed by atoms with Crippen LogP contribution in [0.5, 0.6) is 5.75 Å². The second kappa shape index (κ2) is 9.81. The third-order valence-corrected chi connectivity index (χ3v) is 4.43. The maximum atomic E-state index is 12.2. The number of carbonyl (C=O) groups excluding carboxylic acids is 1. The molecule has 0 saturated carbocycles. The van der Waals surface area contributed by atoms with Gasteiger partial charge in [0.05, 0.1) is 5.02 Å². The van der Waals surface area contributed by atoms with Crippen LogP contribution < -0.4 is 10.1 Å². The van der Waals surface area contributed by atoms with Crippen LogP contribution in [0.4, 0.5) is 10.5 Å². The van der Waals surface area contributed by atoms with Gasteiger partial charge >= 0.3 is 6.09 Å². The fourth-order valence-corrected chi connectivity index (χ4v) is 2.86. The summed E-state index contributed by atoms with van der Waals surface area (Å²) in [5.41, 5.74) is 3.07. The number of rotatable bonds is 7. The normalized spacial score (nSPS) is 11.5. The summed E-state index contributed by atoms with van der Waals surface area (Å²) in [7, 11) is 0. The zero-order valence-electron chi connectivity index (χ0n) is 15.6. The van der Waals surface area contributed by atoms with Crippen LogP contribution in [0.3, 0.4) is 0 Å². The lowest BCUT2D eigenvalue weighted by Gasteiger charge is -2.19. The smallest absolute Gasteiger partial charge is 0.414 e. The topological polar surface area (TPSA) is 47.6 Å². The highest BCUT2D eigenvalue weighted by Gasteiger charge is 2.15. The fourth-order valence-electron chi connectivity index (χ4n) is 2.68. The Morgan fingerprint density at radius 2 is 1.57 bits per heavy atom. The van der Waals surface area contributed by atoms with Gasteiger partial charge in [0.25, 0.3) is 0 Å². The van der Waals surface area contributed by atoms with E-state index in [0.29, 0.717) is 22.9 Å². The molecule has 0 unspecified atom stereocenters. The third kappa shape index (κ3) is 5.76. The molecule has 0 radical (unpaired) electrons. The molecule has 0 aliphatic heterocycles. The van der Waals surface area contributed by atoms with Crippen molar-refractivity contribution in [2.45, 2.75) is 26.1 Å². The maximum Gasteiger partial charge on any atom is 0.414 e.